The van der Waals surface area contributed by atoms with E-state index in [9.17, 15) is 5.11 Å². The Kier molecular flexibility index (Phi) is 13.1. The van der Waals surface area contributed by atoms with Crippen LogP contribution in [0.25, 0.3) is 0 Å². The van der Waals surface area contributed by atoms with Gasteiger partial charge in [0.15, 0.2) is 11.5 Å². The minimum atomic E-state index is -0.586. The Morgan fingerprint density at radius 1 is 0.714 bits per heavy atom. The predicted octanol–water partition coefficient (Wildman–Crippen LogP) is -6.41. The smallest absolute Gasteiger partial charge is 0.203 e. The SMILES string of the molecule is COc1cc(OC)cc([NH+]2CC[NH+](CC(O)COc3cc(OC)c(OC)c(OC)c3)CC2)c1.[Cl-].[Cl-]. The Bertz CT molecular complexity index is 864. The quantitative estimate of drug-likeness (QED) is 0.264. The van der Waals surface area contributed by atoms with E-state index in [1.54, 1.807) is 47.7 Å². The molecule has 1 aliphatic heterocycles. The zero-order valence-electron chi connectivity index (χ0n) is 20.9. The van der Waals surface area contributed by atoms with Gasteiger partial charge in [-0.2, -0.15) is 0 Å². The van der Waals surface area contributed by atoms with Crippen LogP contribution in [0.3, 0.4) is 0 Å². The molecule has 0 aliphatic carbocycles. The van der Waals surface area contributed by atoms with E-state index < -0.39 is 6.10 Å². The number of quaternary nitrogens is 2. The van der Waals surface area contributed by atoms with Crippen LogP contribution in [0.2, 0.25) is 0 Å². The number of ether oxygens (including phenoxy) is 6. The number of benzene rings is 2. The zero-order valence-corrected chi connectivity index (χ0v) is 22.4. The largest absolute Gasteiger partial charge is 1.00 e. The van der Waals surface area contributed by atoms with E-state index in [0.717, 1.165) is 43.4 Å². The number of hydrogen-bond acceptors (Lipinski definition) is 7. The first-order valence-electron chi connectivity index (χ1n) is 11.0. The summed E-state index contributed by atoms with van der Waals surface area (Å²) in [7, 11) is 8.00. The summed E-state index contributed by atoms with van der Waals surface area (Å²) >= 11 is 0. The molecule has 9 nitrogen and oxygen atoms in total. The topological polar surface area (TPSA) is 84.5 Å². The molecule has 1 fully saturated rings. The minimum Gasteiger partial charge on any atom is -1.00 e. The van der Waals surface area contributed by atoms with Gasteiger partial charge in [-0.05, 0) is 0 Å². The van der Waals surface area contributed by atoms with Gasteiger partial charge in [-0.1, -0.05) is 0 Å². The Balaban J connectivity index is 0.00000306. The Hall–Kier alpha value is -2.30. The number of piperazine rings is 1. The van der Waals surface area contributed by atoms with Crippen molar-refractivity contribution in [2.45, 2.75) is 6.10 Å². The van der Waals surface area contributed by atoms with E-state index in [2.05, 4.69) is 12.1 Å². The number of methoxy groups -OCH3 is 5. The van der Waals surface area contributed by atoms with Gasteiger partial charge < -0.3 is 63.2 Å². The van der Waals surface area contributed by atoms with E-state index in [-0.39, 0.29) is 31.4 Å². The number of hydrogen-bond donors (Lipinski definition) is 3. The van der Waals surface area contributed by atoms with Crippen LogP contribution < -0.4 is 63.0 Å². The van der Waals surface area contributed by atoms with Gasteiger partial charge in [0.1, 0.15) is 68.4 Å². The van der Waals surface area contributed by atoms with Gasteiger partial charge in [0.2, 0.25) is 5.75 Å². The molecular formula is C24H36Cl2N2O7. The van der Waals surface area contributed by atoms with Gasteiger partial charge >= 0.3 is 0 Å². The van der Waals surface area contributed by atoms with Crippen molar-refractivity contribution >= 4 is 5.69 Å². The maximum atomic E-state index is 10.6. The lowest BCUT2D eigenvalue weighted by Gasteiger charge is -2.30. The monoisotopic (exact) mass is 534 g/mol. The highest BCUT2D eigenvalue weighted by molar-refractivity contribution is 5.55. The van der Waals surface area contributed by atoms with Crippen molar-refractivity contribution in [2.75, 3.05) is 74.9 Å². The molecule has 0 saturated carbocycles. The molecule has 1 aliphatic rings. The highest BCUT2D eigenvalue weighted by atomic mass is 35.5. The first-order valence-corrected chi connectivity index (χ1v) is 11.0. The van der Waals surface area contributed by atoms with Gasteiger partial charge in [0, 0.05) is 30.3 Å². The van der Waals surface area contributed by atoms with Crippen LogP contribution in [0.5, 0.6) is 34.5 Å². The summed E-state index contributed by atoms with van der Waals surface area (Å²) in [6.07, 6.45) is -0.586. The molecule has 11 heteroatoms. The fourth-order valence-electron chi connectivity index (χ4n) is 4.13. The summed E-state index contributed by atoms with van der Waals surface area (Å²) in [5.74, 6) is 3.68. The van der Waals surface area contributed by atoms with Crippen molar-refractivity contribution < 1.29 is 68.1 Å². The Labute approximate surface area is 219 Å². The number of aliphatic hydroxyl groups is 1. The second-order valence-electron chi connectivity index (χ2n) is 7.98. The van der Waals surface area contributed by atoms with Crippen LogP contribution in [-0.4, -0.2) is 86.1 Å². The zero-order chi connectivity index (χ0) is 23.8. The standard InChI is InChI=1S/C24H34N2O7.2ClH/c1-28-19-10-17(11-20(12-19)29-2)26-8-6-25(7-9-26)15-18(27)16-33-21-13-22(30-3)24(32-5)23(14-21)31-4;;/h10-14,18,27H,6-9,15-16H2,1-5H3;2*1H. The van der Waals surface area contributed by atoms with Gasteiger partial charge in [-0.25, -0.2) is 0 Å². The summed E-state index contributed by atoms with van der Waals surface area (Å²) < 4.78 is 32.7. The number of rotatable bonds is 11. The highest BCUT2D eigenvalue weighted by Crippen LogP contribution is 2.40. The van der Waals surface area contributed by atoms with Gasteiger partial charge in [-0.15, -0.1) is 0 Å². The molecular weight excluding hydrogens is 499 g/mol. The number of aliphatic hydroxyl groups excluding tert-OH is 1. The average molecular weight is 535 g/mol. The molecule has 1 atom stereocenters. The first kappa shape index (κ1) is 30.7. The molecule has 3 rings (SSSR count). The van der Waals surface area contributed by atoms with Crippen LogP contribution in [0.1, 0.15) is 0 Å². The molecule has 1 saturated heterocycles. The lowest BCUT2D eigenvalue weighted by atomic mass is 10.2. The summed E-state index contributed by atoms with van der Waals surface area (Å²) in [5, 5.41) is 10.6. The third-order valence-corrected chi connectivity index (χ3v) is 5.93. The first-order chi connectivity index (χ1) is 16.0. The van der Waals surface area contributed by atoms with Gasteiger partial charge in [0.25, 0.3) is 0 Å². The van der Waals surface area contributed by atoms with E-state index in [0.29, 0.717) is 29.5 Å². The normalized spacial score (nSPS) is 17.8. The van der Waals surface area contributed by atoms with Gasteiger partial charge in [-0.3, -0.25) is 4.90 Å². The van der Waals surface area contributed by atoms with E-state index in [4.69, 9.17) is 28.4 Å². The van der Waals surface area contributed by atoms with Crippen molar-refractivity contribution in [1.82, 2.24) is 0 Å². The minimum absolute atomic E-state index is 0. The lowest BCUT2D eigenvalue weighted by Crippen LogP contribution is -3.26. The van der Waals surface area contributed by atoms with E-state index >= 15 is 0 Å². The van der Waals surface area contributed by atoms with E-state index in [1.165, 1.54) is 9.80 Å². The van der Waals surface area contributed by atoms with Crippen LogP contribution in [0, 0.1) is 0 Å². The van der Waals surface area contributed by atoms with Crippen LogP contribution >= 0.6 is 0 Å². The van der Waals surface area contributed by atoms with Crippen molar-refractivity contribution in [3.05, 3.63) is 30.3 Å². The lowest BCUT2D eigenvalue weighted by molar-refractivity contribution is -0.988. The summed E-state index contributed by atoms with van der Waals surface area (Å²) in [6, 6.07) is 9.46. The fraction of sp³-hybridized carbons (Fsp3) is 0.500. The van der Waals surface area contributed by atoms with Crippen molar-refractivity contribution in [3.8, 4) is 34.5 Å². The highest BCUT2D eigenvalue weighted by Gasteiger charge is 2.27. The van der Waals surface area contributed by atoms with Crippen LogP contribution in [0.15, 0.2) is 30.3 Å². The maximum Gasteiger partial charge on any atom is 0.203 e. The Morgan fingerprint density at radius 3 is 1.71 bits per heavy atom. The number of halogens is 2. The molecule has 0 spiro atoms. The average Bonchev–Trinajstić information content (AvgIpc) is 2.86. The van der Waals surface area contributed by atoms with Crippen LogP contribution in [-0.2, 0) is 0 Å². The molecule has 1 heterocycles. The summed E-state index contributed by atoms with van der Waals surface area (Å²) in [5.41, 5.74) is 1.16. The van der Waals surface area contributed by atoms with Gasteiger partial charge in [0.05, 0.1) is 35.5 Å². The molecule has 0 bridgehead atoms. The second-order valence-corrected chi connectivity index (χ2v) is 7.98. The summed E-state index contributed by atoms with van der Waals surface area (Å²) in [6.45, 7) is 4.65. The molecule has 2 aromatic carbocycles. The molecule has 0 aromatic heterocycles. The van der Waals surface area contributed by atoms with Crippen molar-refractivity contribution in [3.63, 3.8) is 0 Å². The summed E-state index contributed by atoms with van der Waals surface area (Å²) in [4.78, 5) is 2.74. The van der Waals surface area contributed by atoms with Crippen molar-refractivity contribution in [2.24, 2.45) is 0 Å². The Morgan fingerprint density at radius 2 is 1.26 bits per heavy atom. The van der Waals surface area contributed by atoms with E-state index in [1.807, 2.05) is 6.07 Å². The number of nitrogens with one attached hydrogen (secondary N) is 2. The predicted molar refractivity (Wildman–Crippen MR) is 123 cm³/mol. The maximum absolute atomic E-state index is 10.6. The van der Waals surface area contributed by atoms with Crippen LogP contribution in [0.4, 0.5) is 5.69 Å². The molecule has 198 valence electrons. The fourth-order valence-corrected chi connectivity index (χ4v) is 4.13. The molecule has 3 N–H and O–H groups in total. The van der Waals surface area contributed by atoms with Crippen molar-refractivity contribution in [1.29, 1.82) is 0 Å². The molecule has 35 heavy (non-hydrogen) atoms. The molecule has 2 aromatic rings. The third kappa shape index (κ3) is 8.12. The molecule has 0 radical (unpaired) electrons. The second kappa shape index (κ2) is 15.0. The third-order valence-electron chi connectivity index (χ3n) is 5.93. The molecule has 1 unspecified atom stereocenters. The molecule has 0 amide bonds.